The molecule has 5 nitrogen and oxygen atoms in total. The van der Waals surface area contributed by atoms with Gasteiger partial charge in [0.15, 0.2) is 0 Å². The largest absolute Gasteiger partial charge is 0.388 e. The Morgan fingerprint density at radius 3 is 2.72 bits per heavy atom. The van der Waals surface area contributed by atoms with Crippen LogP contribution in [0.25, 0.3) is 0 Å². The van der Waals surface area contributed by atoms with Crippen molar-refractivity contribution in [3.63, 3.8) is 0 Å². The first-order chi connectivity index (χ1) is 8.30. The van der Waals surface area contributed by atoms with Crippen LogP contribution in [0.3, 0.4) is 0 Å². The van der Waals surface area contributed by atoms with Gasteiger partial charge in [-0.15, -0.1) is 0 Å². The fourth-order valence-corrected chi connectivity index (χ4v) is 1.90. The zero-order valence-corrected chi connectivity index (χ0v) is 11.0. The summed E-state index contributed by atoms with van der Waals surface area (Å²) in [7, 11) is 0. The molecular formula is C13H20N2O3. The van der Waals surface area contributed by atoms with Gasteiger partial charge < -0.3 is 15.4 Å². The Morgan fingerprint density at radius 2 is 2.17 bits per heavy atom. The smallest absolute Gasteiger partial charge is 0.267 e. The zero-order valence-electron chi connectivity index (χ0n) is 11.0. The molecular weight excluding hydrogens is 232 g/mol. The lowest BCUT2D eigenvalue weighted by Crippen LogP contribution is -2.41. The van der Waals surface area contributed by atoms with Crippen LogP contribution < -0.4 is 10.9 Å². The van der Waals surface area contributed by atoms with Crippen molar-refractivity contribution in [2.45, 2.75) is 32.8 Å². The normalized spacial score (nSPS) is 14.3. The lowest BCUT2D eigenvalue weighted by Gasteiger charge is -2.25. The van der Waals surface area contributed by atoms with E-state index in [2.05, 4.69) is 10.3 Å². The number of carbonyl (C=O) groups is 1. The van der Waals surface area contributed by atoms with Crippen LogP contribution in [0.5, 0.6) is 0 Å². The van der Waals surface area contributed by atoms with Crippen molar-refractivity contribution in [3.05, 3.63) is 34.2 Å². The Kier molecular flexibility index (Phi) is 4.67. The first kappa shape index (κ1) is 14.4. The van der Waals surface area contributed by atoms with Gasteiger partial charge in [-0.2, -0.15) is 0 Å². The molecule has 0 aromatic carbocycles. The number of pyridine rings is 1. The van der Waals surface area contributed by atoms with Crippen molar-refractivity contribution >= 4 is 5.91 Å². The molecule has 3 N–H and O–H groups in total. The highest BCUT2D eigenvalue weighted by atomic mass is 16.3. The number of rotatable bonds is 5. The van der Waals surface area contributed by atoms with E-state index in [1.54, 1.807) is 6.92 Å². The van der Waals surface area contributed by atoms with Gasteiger partial charge in [0.25, 0.3) is 5.91 Å². The topological polar surface area (TPSA) is 82.2 Å². The number of aliphatic hydroxyl groups is 1. The van der Waals surface area contributed by atoms with Gasteiger partial charge in [-0.05, 0) is 25.3 Å². The van der Waals surface area contributed by atoms with E-state index < -0.39 is 11.5 Å². The molecule has 1 atom stereocenters. The summed E-state index contributed by atoms with van der Waals surface area (Å²) in [6, 6.07) is 4.37. The minimum Gasteiger partial charge on any atom is -0.388 e. The summed E-state index contributed by atoms with van der Waals surface area (Å²) in [6.07, 6.45) is 0.596. The highest BCUT2D eigenvalue weighted by Gasteiger charge is 2.22. The lowest BCUT2D eigenvalue weighted by molar-refractivity contribution is 0.0367. The monoisotopic (exact) mass is 252 g/mol. The molecule has 1 aromatic heterocycles. The number of nitrogens with one attached hydrogen (secondary N) is 2. The maximum absolute atomic E-state index is 11.7. The number of aromatic amines is 1. The molecule has 0 saturated heterocycles. The maximum atomic E-state index is 11.7. The molecule has 0 aliphatic carbocycles. The number of hydrogen-bond acceptors (Lipinski definition) is 3. The standard InChI is InChI=1S/C13H20N2O3/c1-9(2)7-13(3,18)8-14-12(17)10-5-4-6-11(16)15-10/h4-6,9,18H,7-8H2,1-3H3,(H,14,17)(H,15,16). The fourth-order valence-electron chi connectivity index (χ4n) is 1.90. The summed E-state index contributed by atoms with van der Waals surface area (Å²) in [6.45, 7) is 5.85. The molecule has 0 radical (unpaired) electrons. The van der Waals surface area contributed by atoms with Crippen LogP contribution in [0.1, 0.15) is 37.7 Å². The van der Waals surface area contributed by atoms with E-state index in [4.69, 9.17) is 0 Å². The number of carbonyl (C=O) groups excluding carboxylic acids is 1. The second-order valence-electron chi connectivity index (χ2n) is 5.21. The van der Waals surface area contributed by atoms with Crippen LogP contribution in [0, 0.1) is 5.92 Å². The van der Waals surface area contributed by atoms with Crippen molar-refractivity contribution < 1.29 is 9.90 Å². The molecule has 1 rings (SSSR count). The van der Waals surface area contributed by atoms with Crippen LogP contribution in [0.2, 0.25) is 0 Å². The van der Waals surface area contributed by atoms with Crippen molar-refractivity contribution in [2.24, 2.45) is 5.92 Å². The molecule has 0 saturated carbocycles. The Bertz CT molecular complexity index is 463. The third-order valence-corrected chi connectivity index (χ3v) is 2.49. The van der Waals surface area contributed by atoms with E-state index in [1.807, 2.05) is 13.8 Å². The van der Waals surface area contributed by atoms with Gasteiger partial charge in [0.2, 0.25) is 5.56 Å². The quantitative estimate of drug-likeness (QED) is 0.728. The van der Waals surface area contributed by atoms with Gasteiger partial charge in [-0.3, -0.25) is 9.59 Å². The van der Waals surface area contributed by atoms with Crippen LogP contribution in [0.4, 0.5) is 0 Å². The number of amides is 1. The van der Waals surface area contributed by atoms with Crippen LogP contribution in [-0.2, 0) is 0 Å². The van der Waals surface area contributed by atoms with Gasteiger partial charge in [0.1, 0.15) is 5.69 Å². The van der Waals surface area contributed by atoms with Gasteiger partial charge in [0, 0.05) is 12.6 Å². The van der Waals surface area contributed by atoms with Gasteiger partial charge in [-0.1, -0.05) is 19.9 Å². The summed E-state index contributed by atoms with van der Waals surface area (Å²) < 4.78 is 0. The molecule has 18 heavy (non-hydrogen) atoms. The summed E-state index contributed by atoms with van der Waals surface area (Å²) in [5.74, 6) is -0.0508. The highest BCUT2D eigenvalue weighted by Crippen LogP contribution is 2.15. The average molecular weight is 252 g/mol. The first-order valence-electron chi connectivity index (χ1n) is 6.00. The molecule has 1 unspecified atom stereocenters. The van der Waals surface area contributed by atoms with E-state index in [1.165, 1.54) is 18.2 Å². The Morgan fingerprint density at radius 1 is 1.50 bits per heavy atom. The fraction of sp³-hybridized carbons (Fsp3) is 0.538. The average Bonchev–Trinajstić information content (AvgIpc) is 2.24. The molecule has 0 aliphatic rings. The minimum atomic E-state index is -0.946. The Hall–Kier alpha value is -1.62. The van der Waals surface area contributed by atoms with E-state index in [9.17, 15) is 14.7 Å². The van der Waals surface area contributed by atoms with E-state index >= 15 is 0 Å². The van der Waals surface area contributed by atoms with Crippen LogP contribution >= 0.6 is 0 Å². The maximum Gasteiger partial charge on any atom is 0.267 e. The molecule has 1 aromatic rings. The molecule has 0 spiro atoms. The number of hydrogen-bond donors (Lipinski definition) is 3. The predicted octanol–water partition coefficient (Wildman–Crippen LogP) is 0.902. The van der Waals surface area contributed by atoms with Crippen LogP contribution in [-0.4, -0.2) is 28.1 Å². The SMILES string of the molecule is CC(C)CC(C)(O)CNC(=O)c1cccc(=O)[nH]1. The molecule has 0 aliphatic heterocycles. The lowest BCUT2D eigenvalue weighted by atomic mass is 9.94. The van der Waals surface area contributed by atoms with Gasteiger partial charge in [0.05, 0.1) is 5.60 Å². The Balaban J connectivity index is 2.59. The zero-order chi connectivity index (χ0) is 13.8. The van der Waals surface area contributed by atoms with Crippen molar-refractivity contribution in [2.75, 3.05) is 6.54 Å². The second-order valence-corrected chi connectivity index (χ2v) is 5.21. The summed E-state index contributed by atoms with van der Waals surface area (Å²) in [5, 5.41) is 12.7. The van der Waals surface area contributed by atoms with E-state index in [0.717, 1.165) is 0 Å². The van der Waals surface area contributed by atoms with E-state index in [-0.39, 0.29) is 17.8 Å². The third-order valence-electron chi connectivity index (χ3n) is 2.49. The molecule has 0 fully saturated rings. The number of aromatic nitrogens is 1. The van der Waals surface area contributed by atoms with E-state index in [0.29, 0.717) is 12.3 Å². The van der Waals surface area contributed by atoms with Crippen molar-refractivity contribution in [1.29, 1.82) is 0 Å². The predicted molar refractivity (Wildman–Crippen MR) is 69.5 cm³/mol. The summed E-state index contributed by atoms with van der Waals surface area (Å²) in [5.41, 5.74) is -1.07. The molecule has 1 heterocycles. The molecule has 5 heteroatoms. The molecule has 100 valence electrons. The summed E-state index contributed by atoms with van der Waals surface area (Å²) in [4.78, 5) is 25.2. The summed E-state index contributed by atoms with van der Waals surface area (Å²) >= 11 is 0. The minimum absolute atomic E-state index is 0.154. The van der Waals surface area contributed by atoms with Gasteiger partial charge in [-0.25, -0.2) is 0 Å². The highest BCUT2D eigenvalue weighted by molar-refractivity contribution is 5.92. The Labute approximate surface area is 106 Å². The van der Waals surface area contributed by atoms with Crippen molar-refractivity contribution in [3.8, 4) is 0 Å². The molecule has 0 bridgehead atoms. The third kappa shape index (κ3) is 4.71. The van der Waals surface area contributed by atoms with Gasteiger partial charge >= 0.3 is 0 Å². The number of H-pyrrole nitrogens is 1. The second kappa shape index (κ2) is 5.82. The van der Waals surface area contributed by atoms with Crippen molar-refractivity contribution in [1.82, 2.24) is 10.3 Å². The molecule has 1 amide bonds. The van der Waals surface area contributed by atoms with Crippen LogP contribution in [0.15, 0.2) is 23.0 Å². The first-order valence-corrected chi connectivity index (χ1v) is 6.00.